The van der Waals surface area contributed by atoms with E-state index < -0.39 is 5.91 Å². The Morgan fingerprint density at radius 3 is 2.68 bits per heavy atom. The average Bonchev–Trinajstić information content (AvgIpc) is 3.06. The van der Waals surface area contributed by atoms with Crippen LogP contribution in [-0.2, 0) is 0 Å². The second kappa shape index (κ2) is 6.09. The fraction of sp³-hybridized carbons (Fsp3) is 0.0625. The van der Waals surface area contributed by atoms with Crippen molar-refractivity contribution < 1.29 is 13.9 Å². The lowest BCUT2D eigenvalue weighted by Crippen LogP contribution is -2.12. The molecule has 0 saturated carbocycles. The molecule has 1 N–H and O–H groups in total. The normalized spacial score (nSPS) is 10.2. The van der Waals surface area contributed by atoms with Gasteiger partial charge in [-0.15, -0.1) is 0 Å². The van der Waals surface area contributed by atoms with Gasteiger partial charge >= 0.3 is 5.91 Å². The molecule has 0 atom stereocenters. The highest BCUT2D eigenvalue weighted by Gasteiger charge is 2.14. The number of pyridine rings is 1. The number of ether oxygens (including phenoxy) is 1. The van der Waals surface area contributed by atoms with Crippen molar-refractivity contribution in [2.45, 2.75) is 0 Å². The first-order valence-electron chi connectivity index (χ1n) is 6.58. The Morgan fingerprint density at radius 2 is 2.00 bits per heavy atom. The largest absolute Gasteiger partial charge is 0.497 e. The second-order valence-corrected chi connectivity index (χ2v) is 4.45. The molecule has 3 rings (SSSR count). The van der Waals surface area contributed by atoms with Crippen LogP contribution in [0.5, 0.6) is 5.75 Å². The van der Waals surface area contributed by atoms with Gasteiger partial charge in [0.25, 0.3) is 5.89 Å². The number of anilines is 1. The third-order valence-corrected chi connectivity index (χ3v) is 2.99. The van der Waals surface area contributed by atoms with Crippen LogP contribution in [0.25, 0.3) is 11.3 Å². The monoisotopic (exact) mass is 295 g/mol. The molecule has 6 heteroatoms. The molecule has 0 aliphatic carbocycles. The lowest BCUT2D eigenvalue weighted by molar-refractivity contribution is 0.0991. The number of aromatic nitrogens is 2. The van der Waals surface area contributed by atoms with E-state index >= 15 is 0 Å². The smallest absolute Gasteiger partial charge is 0.311 e. The molecule has 110 valence electrons. The van der Waals surface area contributed by atoms with Crippen molar-refractivity contribution in [2.24, 2.45) is 0 Å². The molecule has 0 spiro atoms. The fourth-order valence-corrected chi connectivity index (χ4v) is 1.89. The minimum Gasteiger partial charge on any atom is -0.497 e. The molecule has 0 aliphatic rings. The third-order valence-electron chi connectivity index (χ3n) is 2.99. The summed E-state index contributed by atoms with van der Waals surface area (Å²) in [4.78, 5) is 20.0. The van der Waals surface area contributed by atoms with Crippen molar-refractivity contribution in [2.75, 3.05) is 12.4 Å². The number of carbonyl (C=O) groups is 1. The van der Waals surface area contributed by atoms with Gasteiger partial charge < -0.3 is 14.5 Å². The Balaban J connectivity index is 1.76. The minimum atomic E-state index is -0.423. The molecule has 1 amide bonds. The van der Waals surface area contributed by atoms with Gasteiger partial charge in [0, 0.05) is 11.8 Å². The van der Waals surface area contributed by atoms with E-state index in [9.17, 15) is 4.79 Å². The van der Waals surface area contributed by atoms with Crippen LogP contribution in [-0.4, -0.2) is 23.0 Å². The van der Waals surface area contributed by atoms with Gasteiger partial charge in [-0.1, -0.05) is 0 Å². The summed E-state index contributed by atoms with van der Waals surface area (Å²) in [5.74, 6) is 0.833. The first kappa shape index (κ1) is 13.8. The highest BCUT2D eigenvalue weighted by molar-refractivity contribution is 6.01. The lowest BCUT2D eigenvalue weighted by Gasteiger charge is -2.01. The van der Waals surface area contributed by atoms with Crippen LogP contribution < -0.4 is 10.1 Å². The van der Waals surface area contributed by atoms with Crippen LogP contribution in [0.2, 0.25) is 0 Å². The van der Waals surface area contributed by atoms with Gasteiger partial charge in [0.1, 0.15) is 5.75 Å². The van der Waals surface area contributed by atoms with Crippen LogP contribution in [0.15, 0.2) is 59.4 Å². The van der Waals surface area contributed by atoms with Gasteiger partial charge in [-0.3, -0.25) is 9.78 Å². The number of amides is 1. The number of nitrogens with one attached hydrogen (secondary N) is 1. The Bertz CT molecular complexity index is 767. The summed E-state index contributed by atoms with van der Waals surface area (Å²) in [6, 6.07) is 10.8. The van der Waals surface area contributed by atoms with Crippen molar-refractivity contribution in [3.8, 4) is 17.1 Å². The number of nitrogens with zero attached hydrogens (tertiary/aromatic N) is 2. The third kappa shape index (κ3) is 2.95. The van der Waals surface area contributed by atoms with Crippen LogP contribution in [0.4, 0.5) is 5.69 Å². The van der Waals surface area contributed by atoms with Gasteiger partial charge in [-0.05, 0) is 36.4 Å². The predicted molar refractivity (Wildman–Crippen MR) is 80.7 cm³/mol. The van der Waals surface area contributed by atoms with Crippen LogP contribution in [0.1, 0.15) is 10.7 Å². The van der Waals surface area contributed by atoms with Gasteiger partial charge in [0.15, 0.2) is 5.76 Å². The van der Waals surface area contributed by atoms with Crippen LogP contribution in [0, 0.1) is 0 Å². The van der Waals surface area contributed by atoms with Crippen molar-refractivity contribution >= 4 is 11.6 Å². The first-order valence-corrected chi connectivity index (χ1v) is 6.58. The zero-order valence-electron chi connectivity index (χ0n) is 11.8. The molecular formula is C16H13N3O3. The highest BCUT2D eigenvalue weighted by atomic mass is 16.5. The Kier molecular flexibility index (Phi) is 3.82. The highest BCUT2D eigenvalue weighted by Crippen LogP contribution is 2.23. The number of hydrogen-bond acceptors (Lipinski definition) is 5. The van der Waals surface area contributed by atoms with Crippen molar-refractivity contribution in [1.82, 2.24) is 9.97 Å². The van der Waals surface area contributed by atoms with E-state index in [1.54, 1.807) is 31.6 Å². The van der Waals surface area contributed by atoms with Gasteiger partial charge in [0.2, 0.25) is 0 Å². The van der Waals surface area contributed by atoms with Gasteiger partial charge in [-0.2, -0.15) is 0 Å². The molecule has 0 bridgehead atoms. The SMILES string of the molecule is COc1ccc(-c2cnc(C(=O)Nc3cccnc3)o2)cc1. The summed E-state index contributed by atoms with van der Waals surface area (Å²) in [6.45, 7) is 0. The molecule has 0 radical (unpaired) electrons. The average molecular weight is 295 g/mol. The number of benzene rings is 1. The molecule has 0 unspecified atom stereocenters. The maximum Gasteiger partial charge on any atom is 0.311 e. The number of rotatable bonds is 4. The maximum atomic E-state index is 12.0. The standard InChI is InChI=1S/C16H13N3O3/c1-21-13-6-4-11(5-7-13)14-10-18-16(22-14)15(20)19-12-3-2-8-17-9-12/h2-10H,1H3,(H,19,20). The maximum absolute atomic E-state index is 12.0. The molecule has 22 heavy (non-hydrogen) atoms. The number of methoxy groups -OCH3 is 1. The fourth-order valence-electron chi connectivity index (χ4n) is 1.89. The zero-order chi connectivity index (χ0) is 15.4. The van der Waals surface area contributed by atoms with Gasteiger partial charge in [0.05, 0.1) is 25.2 Å². The number of hydrogen-bond donors (Lipinski definition) is 1. The van der Waals surface area contributed by atoms with Gasteiger partial charge in [-0.25, -0.2) is 4.98 Å². The topological polar surface area (TPSA) is 77.2 Å². The number of carbonyl (C=O) groups excluding carboxylic acids is 1. The first-order chi connectivity index (χ1) is 10.8. The molecule has 3 aromatic rings. The summed E-state index contributed by atoms with van der Waals surface area (Å²) in [7, 11) is 1.60. The van der Waals surface area contributed by atoms with Crippen LogP contribution >= 0.6 is 0 Å². The van der Waals surface area contributed by atoms with Crippen LogP contribution in [0.3, 0.4) is 0 Å². The molecule has 2 heterocycles. The zero-order valence-corrected chi connectivity index (χ0v) is 11.8. The van der Waals surface area contributed by atoms with Crippen molar-refractivity contribution in [3.63, 3.8) is 0 Å². The van der Waals surface area contributed by atoms with Crippen molar-refractivity contribution in [1.29, 1.82) is 0 Å². The second-order valence-electron chi connectivity index (χ2n) is 4.45. The van der Waals surface area contributed by atoms with E-state index in [2.05, 4.69) is 15.3 Å². The van der Waals surface area contributed by atoms with E-state index in [0.717, 1.165) is 11.3 Å². The van der Waals surface area contributed by atoms with E-state index in [4.69, 9.17) is 9.15 Å². The summed E-state index contributed by atoms with van der Waals surface area (Å²) >= 11 is 0. The molecule has 0 fully saturated rings. The summed E-state index contributed by atoms with van der Waals surface area (Å²) in [5.41, 5.74) is 1.39. The van der Waals surface area contributed by atoms with E-state index in [1.165, 1.54) is 6.20 Å². The molecule has 6 nitrogen and oxygen atoms in total. The van der Waals surface area contributed by atoms with E-state index in [1.807, 2.05) is 24.3 Å². The van der Waals surface area contributed by atoms with E-state index in [-0.39, 0.29) is 5.89 Å². The quantitative estimate of drug-likeness (QED) is 0.800. The molecule has 0 aliphatic heterocycles. The summed E-state index contributed by atoms with van der Waals surface area (Å²) in [6.07, 6.45) is 4.69. The molecule has 1 aromatic carbocycles. The minimum absolute atomic E-state index is 0.00493. The molecule has 0 saturated heterocycles. The summed E-state index contributed by atoms with van der Waals surface area (Å²) < 4.78 is 10.6. The van der Waals surface area contributed by atoms with Crippen molar-refractivity contribution in [3.05, 3.63) is 60.9 Å². The Morgan fingerprint density at radius 1 is 1.18 bits per heavy atom. The number of oxazole rings is 1. The summed E-state index contributed by atoms with van der Waals surface area (Å²) in [5, 5.41) is 2.66. The lowest BCUT2D eigenvalue weighted by atomic mass is 10.2. The Hall–Kier alpha value is -3.15. The molecular weight excluding hydrogens is 282 g/mol. The predicted octanol–water partition coefficient (Wildman–Crippen LogP) is 3.00. The Labute approximate surface area is 126 Å². The molecule has 2 aromatic heterocycles. The van der Waals surface area contributed by atoms with E-state index in [0.29, 0.717) is 11.4 Å².